The van der Waals surface area contributed by atoms with E-state index in [1.165, 1.54) is 19.2 Å². The van der Waals surface area contributed by atoms with Crippen LogP contribution in [0, 0.1) is 10.1 Å². The monoisotopic (exact) mass is 271 g/mol. The van der Waals surface area contributed by atoms with Crippen molar-refractivity contribution in [2.45, 2.75) is 23.5 Å². The minimum atomic E-state index is -0.979. The van der Waals surface area contributed by atoms with Crippen molar-refractivity contribution in [3.8, 4) is 5.75 Å². The normalized spacial score (nSPS) is 11.9. The van der Waals surface area contributed by atoms with Crippen molar-refractivity contribution in [1.29, 1.82) is 0 Å². The molecule has 18 heavy (non-hydrogen) atoms. The lowest BCUT2D eigenvalue weighted by atomic mass is 10.3. The highest BCUT2D eigenvalue weighted by Gasteiger charge is 2.22. The summed E-state index contributed by atoms with van der Waals surface area (Å²) in [7, 11) is 1.41. The molecule has 6 nitrogen and oxygen atoms in total. The maximum Gasteiger partial charge on any atom is 0.316 e. The van der Waals surface area contributed by atoms with Crippen LogP contribution in [-0.2, 0) is 4.79 Å². The summed E-state index contributed by atoms with van der Waals surface area (Å²) in [5, 5.41) is 19.2. The summed E-state index contributed by atoms with van der Waals surface area (Å²) in [6.45, 7) is 1.72. The largest absolute Gasteiger partial charge is 0.497 e. The van der Waals surface area contributed by atoms with Crippen LogP contribution in [0.4, 0.5) is 5.69 Å². The van der Waals surface area contributed by atoms with E-state index in [2.05, 4.69) is 0 Å². The number of methoxy groups -OCH3 is 1. The van der Waals surface area contributed by atoms with Gasteiger partial charge in [-0.05, 0) is 18.6 Å². The first kappa shape index (κ1) is 14.3. The highest BCUT2D eigenvalue weighted by Crippen LogP contribution is 2.35. The van der Waals surface area contributed by atoms with Gasteiger partial charge >= 0.3 is 5.97 Å². The van der Waals surface area contributed by atoms with Gasteiger partial charge in [-0.25, -0.2) is 0 Å². The van der Waals surface area contributed by atoms with Crippen molar-refractivity contribution >= 4 is 23.4 Å². The van der Waals surface area contributed by atoms with E-state index in [1.807, 2.05) is 0 Å². The quantitative estimate of drug-likeness (QED) is 0.486. The van der Waals surface area contributed by atoms with Gasteiger partial charge < -0.3 is 9.84 Å². The van der Waals surface area contributed by atoms with Crippen LogP contribution in [0.1, 0.15) is 13.3 Å². The zero-order valence-corrected chi connectivity index (χ0v) is 10.8. The Bertz CT molecular complexity index is 463. The lowest BCUT2D eigenvalue weighted by Gasteiger charge is -2.10. The first-order valence-electron chi connectivity index (χ1n) is 5.21. The lowest BCUT2D eigenvalue weighted by molar-refractivity contribution is -0.387. The topological polar surface area (TPSA) is 89.7 Å². The molecule has 7 heteroatoms. The molecule has 0 fully saturated rings. The van der Waals surface area contributed by atoms with Gasteiger partial charge in [-0.1, -0.05) is 6.92 Å². The number of benzene rings is 1. The van der Waals surface area contributed by atoms with E-state index < -0.39 is 16.1 Å². The molecular weight excluding hydrogens is 258 g/mol. The molecule has 1 N–H and O–H groups in total. The summed E-state index contributed by atoms with van der Waals surface area (Å²) < 4.78 is 4.91. The average Bonchev–Trinajstić information content (AvgIpc) is 2.35. The van der Waals surface area contributed by atoms with Crippen molar-refractivity contribution in [3.63, 3.8) is 0 Å². The molecule has 0 spiro atoms. The predicted molar refractivity (Wildman–Crippen MR) is 67.2 cm³/mol. The van der Waals surface area contributed by atoms with Gasteiger partial charge in [-0.15, -0.1) is 11.8 Å². The Morgan fingerprint density at radius 2 is 2.28 bits per heavy atom. The van der Waals surface area contributed by atoms with Crippen molar-refractivity contribution in [2.75, 3.05) is 7.11 Å². The van der Waals surface area contributed by atoms with E-state index in [0.717, 1.165) is 11.8 Å². The van der Waals surface area contributed by atoms with Crippen molar-refractivity contribution < 1.29 is 19.6 Å². The molecule has 0 aliphatic rings. The second kappa shape index (κ2) is 6.25. The number of carbonyl (C=O) groups is 1. The molecule has 0 amide bonds. The number of hydrogen-bond acceptors (Lipinski definition) is 5. The molecule has 0 aliphatic carbocycles. The Kier molecular flexibility index (Phi) is 4.96. The first-order valence-corrected chi connectivity index (χ1v) is 6.09. The number of nitrogens with zero attached hydrogens (tertiary/aromatic N) is 1. The fourth-order valence-corrected chi connectivity index (χ4v) is 2.30. The zero-order chi connectivity index (χ0) is 13.7. The standard InChI is InChI=1S/C11H13NO5S/c1-3-9(11(13)14)18-10-5-4-7(17-2)6-8(10)12(15)16/h4-6,9H,3H2,1-2H3,(H,13,14). The van der Waals surface area contributed by atoms with Gasteiger partial charge in [-0.3, -0.25) is 14.9 Å². The van der Waals surface area contributed by atoms with E-state index in [1.54, 1.807) is 13.0 Å². The minimum Gasteiger partial charge on any atom is -0.497 e. The minimum absolute atomic E-state index is 0.140. The van der Waals surface area contributed by atoms with Gasteiger partial charge in [0.15, 0.2) is 0 Å². The van der Waals surface area contributed by atoms with E-state index in [4.69, 9.17) is 9.84 Å². The van der Waals surface area contributed by atoms with Crippen LogP contribution in [0.25, 0.3) is 0 Å². The van der Waals surface area contributed by atoms with Gasteiger partial charge in [0.1, 0.15) is 11.0 Å². The molecule has 98 valence electrons. The average molecular weight is 271 g/mol. The number of ether oxygens (including phenoxy) is 1. The number of aliphatic carboxylic acids is 1. The van der Waals surface area contributed by atoms with Crippen LogP contribution in [0.5, 0.6) is 5.75 Å². The van der Waals surface area contributed by atoms with Crippen LogP contribution in [0.15, 0.2) is 23.1 Å². The predicted octanol–water partition coefficient (Wildman–Crippen LogP) is 2.56. The maximum absolute atomic E-state index is 10.9. The molecule has 1 unspecified atom stereocenters. The molecule has 0 bridgehead atoms. The maximum atomic E-state index is 10.9. The first-order chi connectivity index (χ1) is 8.49. The second-order valence-electron chi connectivity index (χ2n) is 3.44. The molecule has 1 aromatic rings. The van der Waals surface area contributed by atoms with Crippen molar-refractivity contribution in [1.82, 2.24) is 0 Å². The number of hydrogen-bond donors (Lipinski definition) is 1. The Labute approximate surface area is 108 Å². The van der Waals surface area contributed by atoms with Gasteiger partial charge in [-0.2, -0.15) is 0 Å². The molecule has 1 rings (SSSR count). The van der Waals surface area contributed by atoms with Gasteiger partial charge in [0.05, 0.1) is 23.0 Å². The fourth-order valence-electron chi connectivity index (χ4n) is 1.33. The van der Waals surface area contributed by atoms with Crippen LogP contribution in [0.3, 0.4) is 0 Å². The number of carboxylic acids is 1. The molecule has 0 saturated heterocycles. The third-order valence-electron chi connectivity index (χ3n) is 2.28. The Balaban J connectivity index is 3.08. The lowest BCUT2D eigenvalue weighted by Crippen LogP contribution is -2.14. The van der Waals surface area contributed by atoms with E-state index in [9.17, 15) is 14.9 Å². The van der Waals surface area contributed by atoms with Crippen molar-refractivity contribution in [3.05, 3.63) is 28.3 Å². The number of rotatable bonds is 6. The molecule has 0 radical (unpaired) electrons. The SMILES string of the molecule is CCC(Sc1ccc(OC)cc1[N+](=O)[O-])C(=O)O. The van der Waals surface area contributed by atoms with E-state index in [-0.39, 0.29) is 5.69 Å². The molecule has 0 heterocycles. The molecule has 0 saturated carbocycles. The summed E-state index contributed by atoms with van der Waals surface area (Å²) in [6, 6.07) is 4.37. The molecule has 1 atom stereocenters. The van der Waals surface area contributed by atoms with Gasteiger partial charge in [0.2, 0.25) is 0 Å². The van der Waals surface area contributed by atoms with Crippen LogP contribution in [0.2, 0.25) is 0 Å². The summed E-state index contributed by atoms with van der Waals surface area (Å²) >= 11 is 0.974. The molecule has 1 aromatic carbocycles. The van der Waals surface area contributed by atoms with Crippen LogP contribution < -0.4 is 4.74 Å². The van der Waals surface area contributed by atoms with Gasteiger partial charge in [0.25, 0.3) is 5.69 Å². The highest BCUT2D eigenvalue weighted by molar-refractivity contribution is 8.00. The van der Waals surface area contributed by atoms with Crippen LogP contribution in [-0.4, -0.2) is 28.4 Å². The smallest absolute Gasteiger partial charge is 0.316 e. The zero-order valence-electron chi connectivity index (χ0n) is 9.95. The van der Waals surface area contributed by atoms with Gasteiger partial charge in [0, 0.05) is 0 Å². The molecule has 0 aliphatic heterocycles. The van der Waals surface area contributed by atoms with Crippen LogP contribution >= 0.6 is 11.8 Å². The highest BCUT2D eigenvalue weighted by atomic mass is 32.2. The Morgan fingerprint density at radius 1 is 1.61 bits per heavy atom. The Hall–Kier alpha value is -1.76. The summed E-state index contributed by atoms with van der Waals surface area (Å²) in [5.41, 5.74) is -0.140. The number of carboxylic acid groups (broad SMARTS) is 1. The molecule has 0 aromatic heterocycles. The summed E-state index contributed by atoms with van der Waals surface area (Å²) in [5.74, 6) is -0.609. The van der Waals surface area contributed by atoms with E-state index in [0.29, 0.717) is 17.1 Å². The third-order valence-corrected chi connectivity index (χ3v) is 3.70. The fraction of sp³-hybridized carbons (Fsp3) is 0.364. The number of nitro benzene ring substituents is 1. The number of nitro groups is 1. The Morgan fingerprint density at radius 3 is 2.72 bits per heavy atom. The van der Waals surface area contributed by atoms with E-state index >= 15 is 0 Å². The summed E-state index contributed by atoms with van der Waals surface area (Å²) in [6.07, 6.45) is 0.392. The molecular formula is C11H13NO5S. The van der Waals surface area contributed by atoms with Crippen molar-refractivity contribution in [2.24, 2.45) is 0 Å². The number of thioether (sulfide) groups is 1. The summed E-state index contributed by atoms with van der Waals surface area (Å²) in [4.78, 5) is 21.6. The second-order valence-corrected chi connectivity index (χ2v) is 4.69. The third kappa shape index (κ3) is 3.36.